The van der Waals surface area contributed by atoms with Gasteiger partial charge in [-0.25, -0.2) is 0 Å². The average molecular weight is 292 g/mol. The topological polar surface area (TPSA) is 28.4 Å². The molecule has 2 unspecified atom stereocenters. The fourth-order valence-electron chi connectivity index (χ4n) is 3.32. The quantitative estimate of drug-likeness (QED) is 0.882. The molecule has 3 heteroatoms. The lowest BCUT2D eigenvalue weighted by Crippen LogP contribution is -2.39. The van der Waals surface area contributed by atoms with Crippen molar-refractivity contribution in [2.75, 3.05) is 7.05 Å². The van der Waals surface area contributed by atoms with Crippen LogP contribution in [0.2, 0.25) is 0 Å². The number of hydrogen-bond acceptors (Lipinski definition) is 3. The summed E-state index contributed by atoms with van der Waals surface area (Å²) in [6.07, 6.45) is 7.29. The van der Waals surface area contributed by atoms with Gasteiger partial charge in [-0.2, -0.15) is 0 Å². The van der Waals surface area contributed by atoms with Crippen LogP contribution in [0.15, 0.2) is 16.7 Å². The van der Waals surface area contributed by atoms with Crippen LogP contribution in [0.1, 0.15) is 64.7 Å². The molecule has 120 valence electrons. The summed E-state index contributed by atoms with van der Waals surface area (Å²) in [5.74, 6) is 1.92. The van der Waals surface area contributed by atoms with E-state index < -0.39 is 0 Å². The van der Waals surface area contributed by atoms with E-state index in [1.54, 1.807) is 0 Å². The molecule has 0 amide bonds. The van der Waals surface area contributed by atoms with Crippen molar-refractivity contribution in [2.45, 2.75) is 78.0 Å². The van der Waals surface area contributed by atoms with Gasteiger partial charge in [0, 0.05) is 23.7 Å². The van der Waals surface area contributed by atoms with Crippen LogP contribution in [0.4, 0.5) is 0 Å². The maximum absolute atomic E-state index is 5.74. The van der Waals surface area contributed by atoms with Crippen LogP contribution < -0.4 is 5.32 Å². The summed E-state index contributed by atoms with van der Waals surface area (Å²) >= 11 is 0. The second-order valence-corrected chi connectivity index (χ2v) is 7.72. The summed E-state index contributed by atoms with van der Waals surface area (Å²) in [6, 6.07) is 2.80. The third kappa shape index (κ3) is 4.86. The molecule has 21 heavy (non-hydrogen) atoms. The zero-order valence-corrected chi connectivity index (χ0v) is 14.4. The molecule has 3 nitrogen and oxygen atoms in total. The van der Waals surface area contributed by atoms with Gasteiger partial charge < -0.3 is 9.73 Å². The Kier molecular flexibility index (Phi) is 5.50. The van der Waals surface area contributed by atoms with Gasteiger partial charge in [-0.15, -0.1) is 0 Å². The van der Waals surface area contributed by atoms with Crippen LogP contribution in [0.5, 0.6) is 0 Å². The minimum atomic E-state index is 0.137. The van der Waals surface area contributed by atoms with Crippen LogP contribution in [-0.4, -0.2) is 23.5 Å². The van der Waals surface area contributed by atoms with E-state index in [9.17, 15) is 0 Å². The van der Waals surface area contributed by atoms with E-state index in [2.05, 4.69) is 51.0 Å². The molecule has 0 radical (unpaired) electrons. The summed E-state index contributed by atoms with van der Waals surface area (Å²) in [5.41, 5.74) is 1.43. The van der Waals surface area contributed by atoms with Crippen molar-refractivity contribution >= 4 is 0 Å². The molecule has 1 fully saturated rings. The molecule has 1 N–H and O–H groups in total. The zero-order valence-electron chi connectivity index (χ0n) is 14.4. The van der Waals surface area contributed by atoms with Gasteiger partial charge in [-0.3, -0.25) is 4.90 Å². The van der Waals surface area contributed by atoms with Crippen molar-refractivity contribution in [3.05, 3.63) is 23.7 Å². The van der Waals surface area contributed by atoms with Crippen molar-refractivity contribution in [2.24, 2.45) is 5.92 Å². The zero-order chi connectivity index (χ0) is 15.5. The predicted molar refractivity (Wildman–Crippen MR) is 88.2 cm³/mol. The SMILES string of the molecule is CC1CCCCC1N(C)Cc1occc1CNC(C)(C)C. The molecule has 2 atom stereocenters. The molecule has 1 aliphatic rings. The molecule has 0 bridgehead atoms. The second kappa shape index (κ2) is 6.97. The van der Waals surface area contributed by atoms with Gasteiger partial charge in [-0.05, 0) is 52.6 Å². The van der Waals surface area contributed by atoms with E-state index in [0.29, 0.717) is 6.04 Å². The number of hydrogen-bond donors (Lipinski definition) is 1. The Morgan fingerprint density at radius 2 is 2.00 bits per heavy atom. The van der Waals surface area contributed by atoms with Crippen LogP contribution in [0, 0.1) is 5.92 Å². The Morgan fingerprint density at radius 3 is 2.67 bits per heavy atom. The summed E-state index contributed by atoms with van der Waals surface area (Å²) in [5, 5.41) is 3.55. The molecule has 1 aromatic rings. The van der Waals surface area contributed by atoms with E-state index >= 15 is 0 Å². The Morgan fingerprint density at radius 1 is 1.29 bits per heavy atom. The van der Waals surface area contributed by atoms with E-state index in [1.165, 1.54) is 31.2 Å². The lowest BCUT2D eigenvalue weighted by Gasteiger charge is -2.36. The minimum absolute atomic E-state index is 0.137. The van der Waals surface area contributed by atoms with Crippen molar-refractivity contribution in [1.29, 1.82) is 0 Å². The van der Waals surface area contributed by atoms with Crippen molar-refractivity contribution < 1.29 is 4.42 Å². The van der Waals surface area contributed by atoms with E-state index in [0.717, 1.165) is 24.8 Å². The molecule has 1 saturated carbocycles. The average Bonchev–Trinajstić information content (AvgIpc) is 2.83. The molecular weight excluding hydrogens is 260 g/mol. The number of nitrogens with zero attached hydrogens (tertiary/aromatic N) is 1. The highest BCUT2D eigenvalue weighted by Crippen LogP contribution is 2.28. The molecule has 2 rings (SSSR count). The molecular formula is C18H32N2O. The maximum Gasteiger partial charge on any atom is 0.122 e. The van der Waals surface area contributed by atoms with Crippen LogP contribution in [-0.2, 0) is 13.1 Å². The first-order valence-electron chi connectivity index (χ1n) is 8.37. The number of nitrogens with one attached hydrogen (secondary N) is 1. The third-order valence-electron chi connectivity index (χ3n) is 4.67. The highest BCUT2D eigenvalue weighted by Gasteiger charge is 2.26. The highest BCUT2D eigenvalue weighted by atomic mass is 16.3. The van der Waals surface area contributed by atoms with E-state index in [4.69, 9.17) is 4.42 Å². The summed E-state index contributed by atoms with van der Waals surface area (Å²) < 4.78 is 5.74. The van der Waals surface area contributed by atoms with Gasteiger partial charge in [-0.1, -0.05) is 19.8 Å². The Bertz CT molecular complexity index is 433. The first-order valence-corrected chi connectivity index (χ1v) is 8.37. The normalized spacial score (nSPS) is 23.7. The monoisotopic (exact) mass is 292 g/mol. The lowest BCUT2D eigenvalue weighted by atomic mass is 9.85. The standard InChI is InChI=1S/C18H32N2O/c1-14-8-6-7-9-16(14)20(5)13-17-15(10-11-21-17)12-19-18(2,3)4/h10-11,14,16,19H,6-9,12-13H2,1-5H3. The number of furan rings is 1. The molecule has 0 aliphatic heterocycles. The first kappa shape index (κ1) is 16.6. The highest BCUT2D eigenvalue weighted by molar-refractivity contribution is 5.17. The number of rotatable bonds is 5. The van der Waals surface area contributed by atoms with Crippen molar-refractivity contribution in [1.82, 2.24) is 10.2 Å². The fraction of sp³-hybridized carbons (Fsp3) is 0.778. The predicted octanol–water partition coefficient (Wildman–Crippen LogP) is 4.18. The van der Waals surface area contributed by atoms with Gasteiger partial charge in [0.1, 0.15) is 5.76 Å². The Hall–Kier alpha value is -0.800. The summed E-state index contributed by atoms with van der Waals surface area (Å²) in [6.45, 7) is 10.8. The Labute approximate surface area is 130 Å². The Balaban J connectivity index is 1.94. The van der Waals surface area contributed by atoms with E-state index in [1.807, 2.05) is 6.26 Å². The van der Waals surface area contributed by atoms with Gasteiger partial charge in [0.25, 0.3) is 0 Å². The van der Waals surface area contributed by atoms with Gasteiger partial charge in [0.15, 0.2) is 0 Å². The van der Waals surface area contributed by atoms with Gasteiger partial charge in [0.05, 0.1) is 12.8 Å². The summed E-state index contributed by atoms with van der Waals surface area (Å²) in [7, 11) is 2.25. The van der Waals surface area contributed by atoms with Crippen molar-refractivity contribution in [3.8, 4) is 0 Å². The first-order chi connectivity index (χ1) is 9.87. The largest absolute Gasteiger partial charge is 0.468 e. The molecule has 0 aromatic carbocycles. The van der Waals surface area contributed by atoms with Gasteiger partial charge >= 0.3 is 0 Å². The van der Waals surface area contributed by atoms with Crippen LogP contribution in [0.25, 0.3) is 0 Å². The fourth-order valence-corrected chi connectivity index (χ4v) is 3.32. The molecule has 0 spiro atoms. The van der Waals surface area contributed by atoms with Gasteiger partial charge in [0.2, 0.25) is 0 Å². The lowest BCUT2D eigenvalue weighted by molar-refractivity contribution is 0.125. The minimum Gasteiger partial charge on any atom is -0.468 e. The van der Waals surface area contributed by atoms with Crippen molar-refractivity contribution in [3.63, 3.8) is 0 Å². The smallest absolute Gasteiger partial charge is 0.122 e. The molecule has 0 saturated heterocycles. The third-order valence-corrected chi connectivity index (χ3v) is 4.67. The maximum atomic E-state index is 5.74. The molecule has 1 heterocycles. The van der Waals surface area contributed by atoms with E-state index in [-0.39, 0.29) is 5.54 Å². The second-order valence-electron chi connectivity index (χ2n) is 7.72. The van der Waals surface area contributed by atoms with Crippen LogP contribution in [0.3, 0.4) is 0 Å². The molecule has 1 aliphatic carbocycles. The molecule has 1 aromatic heterocycles. The van der Waals surface area contributed by atoms with Crippen LogP contribution >= 0.6 is 0 Å². The summed E-state index contributed by atoms with van der Waals surface area (Å²) in [4.78, 5) is 2.49.